The molecule has 0 saturated heterocycles. The summed E-state index contributed by atoms with van der Waals surface area (Å²) in [4.78, 5) is 8.93. The maximum absolute atomic E-state index is 10.3. The highest BCUT2D eigenvalue weighted by Gasteiger charge is 2.34. The quantitative estimate of drug-likeness (QED) is 0.898. The average Bonchev–Trinajstić information content (AvgIpc) is 2.95. The summed E-state index contributed by atoms with van der Waals surface area (Å²) in [6.07, 6.45) is 9.81. The van der Waals surface area contributed by atoms with Crippen LogP contribution < -0.4 is 5.32 Å². The van der Waals surface area contributed by atoms with Crippen LogP contribution in [0.3, 0.4) is 0 Å². The Bertz CT molecular complexity index is 682. The maximum Gasteiger partial charge on any atom is 0.182 e. The van der Waals surface area contributed by atoms with Crippen LogP contribution in [0.25, 0.3) is 11.4 Å². The van der Waals surface area contributed by atoms with E-state index in [2.05, 4.69) is 15.4 Å². The lowest BCUT2D eigenvalue weighted by molar-refractivity contribution is 0.0689. The third-order valence-electron chi connectivity index (χ3n) is 5.45. The number of hydrogen-bond acceptors (Lipinski definition) is 5. The van der Waals surface area contributed by atoms with E-state index in [-0.39, 0.29) is 12.1 Å². The zero-order valence-electron chi connectivity index (χ0n) is 14.1. The van der Waals surface area contributed by atoms with Crippen LogP contribution in [-0.4, -0.2) is 43.0 Å². The molecule has 2 saturated carbocycles. The molecule has 2 aliphatic carbocycles. The first-order valence-corrected chi connectivity index (χ1v) is 8.96. The fourth-order valence-electron chi connectivity index (χ4n) is 3.82. The minimum absolute atomic E-state index is 0.174. The molecule has 2 aromatic rings. The first kappa shape index (κ1) is 15.7. The molecule has 0 spiro atoms. The zero-order chi connectivity index (χ0) is 16.5. The fourth-order valence-corrected chi connectivity index (χ4v) is 3.82. The van der Waals surface area contributed by atoms with E-state index in [1.54, 1.807) is 12.4 Å². The third kappa shape index (κ3) is 3.08. The minimum atomic E-state index is -0.243. The van der Waals surface area contributed by atoms with Crippen molar-refractivity contribution in [1.82, 2.24) is 25.1 Å². The molecule has 0 aromatic carbocycles. The number of aryl methyl sites for hydroxylation is 1. The molecule has 0 radical (unpaired) electrons. The van der Waals surface area contributed by atoms with Crippen LogP contribution in [0.2, 0.25) is 0 Å². The molecule has 2 N–H and O–H groups in total. The highest BCUT2D eigenvalue weighted by atomic mass is 16.3. The summed E-state index contributed by atoms with van der Waals surface area (Å²) in [6, 6.07) is 4.65. The van der Waals surface area contributed by atoms with E-state index >= 15 is 0 Å². The largest absolute Gasteiger partial charge is 0.392 e. The summed E-state index contributed by atoms with van der Waals surface area (Å²) in [7, 11) is 1.96. The molecule has 6 heteroatoms. The Morgan fingerprint density at radius 1 is 1.25 bits per heavy atom. The summed E-state index contributed by atoms with van der Waals surface area (Å²) >= 11 is 0. The second kappa shape index (κ2) is 6.61. The molecule has 2 aromatic heterocycles. The standard InChI is InChI=1S/C18H25N5O/c1-23-18(21-17(22-23)13-4-3-9-19-11-13)12-7-8-16(24)15(10-12)20-14-5-2-6-14/h3-4,9,11-12,14-16,20,24H,2,5-8,10H2,1H3/t12-,15+,16+/m0/s1. The second-order valence-corrected chi connectivity index (χ2v) is 7.14. The molecule has 6 nitrogen and oxygen atoms in total. The predicted octanol–water partition coefficient (Wildman–Crippen LogP) is 2.02. The van der Waals surface area contributed by atoms with E-state index in [0.29, 0.717) is 12.0 Å². The molecule has 4 rings (SSSR count). The van der Waals surface area contributed by atoms with Crippen LogP contribution in [0.15, 0.2) is 24.5 Å². The summed E-state index contributed by atoms with van der Waals surface area (Å²) in [5.74, 6) is 2.09. The first-order valence-electron chi connectivity index (χ1n) is 8.96. The van der Waals surface area contributed by atoms with E-state index < -0.39 is 0 Å². The van der Waals surface area contributed by atoms with Gasteiger partial charge in [-0.1, -0.05) is 6.42 Å². The molecule has 24 heavy (non-hydrogen) atoms. The number of aliphatic hydroxyl groups excluding tert-OH is 1. The lowest BCUT2D eigenvalue weighted by atomic mass is 9.81. The van der Waals surface area contributed by atoms with Gasteiger partial charge in [-0.15, -0.1) is 0 Å². The minimum Gasteiger partial charge on any atom is -0.392 e. The van der Waals surface area contributed by atoms with Gasteiger partial charge in [0.25, 0.3) is 0 Å². The molecule has 0 aliphatic heterocycles. The summed E-state index contributed by atoms with van der Waals surface area (Å²) in [5, 5.41) is 18.6. The Morgan fingerprint density at radius 3 is 2.83 bits per heavy atom. The summed E-state index contributed by atoms with van der Waals surface area (Å²) in [6.45, 7) is 0. The van der Waals surface area contributed by atoms with E-state index in [0.717, 1.165) is 36.5 Å². The topological polar surface area (TPSA) is 75.9 Å². The highest BCUT2D eigenvalue weighted by Crippen LogP contribution is 2.34. The van der Waals surface area contributed by atoms with Crippen molar-refractivity contribution >= 4 is 0 Å². The van der Waals surface area contributed by atoms with E-state index in [1.807, 2.05) is 23.9 Å². The lowest BCUT2D eigenvalue weighted by Crippen LogP contribution is -2.50. The summed E-state index contributed by atoms with van der Waals surface area (Å²) in [5.41, 5.74) is 0.944. The molecule has 2 aliphatic rings. The Labute approximate surface area is 142 Å². The molecule has 2 heterocycles. The van der Waals surface area contributed by atoms with E-state index in [1.165, 1.54) is 19.3 Å². The van der Waals surface area contributed by atoms with Crippen LogP contribution >= 0.6 is 0 Å². The van der Waals surface area contributed by atoms with Crippen LogP contribution in [0, 0.1) is 0 Å². The van der Waals surface area contributed by atoms with Crippen molar-refractivity contribution in [3.63, 3.8) is 0 Å². The number of hydrogen-bond donors (Lipinski definition) is 2. The maximum atomic E-state index is 10.3. The van der Waals surface area contributed by atoms with Gasteiger partial charge >= 0.3 is 0 Å². The van der Waals surface area contributed by atoms with Gasteiger partial charge < -0.3 is 10.4 Å². The van der Waals surface area contributed by atoms with Gasteiger partial charge in [0.1, 0.15) is 5.82 Å². The monoisotopic (exact) mass is 327 g/mol. The van der Waals surface area contributed by atoms with Gasteiger partial charge in [-0.05, 0) is 44.2 Å². The molecule has 0 amide bonds. The smallest absolute Gasteiger partial charge is 0.182 e. The number of pyridine rings is 1. The van der Waals surface area contributed by atoms with Gasteiger partial charge in [-0.25, -0.2) is 4.98 Å². The Kier molecular flexibility index (Phi) is 4.33. The van der Waals surface area contributed by atoms with Crippen molar-refractivity contribution in [2.75, 3.05) is 0 Å². The third-order valence-corrected chi connectivity index (χ3v) is 5.45. The SMILES string of the molecule is Cn1nc(-c2cccnc2)nc1[C@H]1CC[C@@H](O)[C@H](NC2CCC2)C1. The Balaban J connectivity index is 1.51. The van der Waals surface area contributed by atoms with Crippen LogP contribution in [-0.2, 0) is 7.05 Å². The molecular formula is C18H25N5O. The van der Waals surface area contributed by atoms with Gasteiger partial charge in [0.05, 0.1) is 6.10 Å². The van der Waals surface area contributed by atoms with Crippen molar-refractivity contribution < 1.29 is 5.11 Å². The van der Waals surface area contributed by atoms with Gasteiger partial charge in [0, 0.05) is 43.0 Å². The Morgan fingerprint density at radius 2 is 2.12 bits per heavy atom. The van der Waals surface area contributed by atoms with E-state index in [4.69, 9.17) is 4.98 Å². The van der Waals surface area contributed by atoms with E-state index in [9.17, 15) is 5.11 Å². The lowest BCUT2D eigenvalue weighted by Gasteiger charge is -2.38. The number of aliphatic hydroxyl groups is 1. The Hall–Kier alpha value is -1.79. The van der Waals surface area contributed by atoms with Crippen LogP contribution in [0.4, 0.5) is 0 Å². The van der Waals surface area contributed by atoms with Gasteiger partial charge in [0.2, 0.25) is 0 Å². The number of rotatable bonds is 4. The highest BCUT2D eigenvalue weighted by molar-refractivity contribution is 5.52. The molecule has 2 fully saturated rings. The zero-order valence-corrected chi connectivity index (χ0v) is 14.1. The van der Waals surface area contributed by atoms with Gasteiger partial charge in [-0.2, -0.15) is 5.10 Å². The normalized spacial score (nSPS) is 27.8. The van der Waals surface area contributed by atoms with Gasteiger partial charge in [-0.3, -0.25) is 9.67 Å². The number of nitrogens with one attached hydrogen (secondary N) is 1. The first-order chi connectivity index (χ1) is 11.7. The average molecular weight is 327 g/mol. The molecule has 0 unspecified atom stereocenters. The van der Waals surface area contributed by atoms with Crippen molar-refractivity contribution in [1.29, 1.82) is 0 Å². The van der Waals surface area contributed by atoms with Crippen molar-refractivity contribution in [3.05, 3.63) is 30.4 Å². The number of aromatic nitrogens is 4. The van der Waals surface area contributed by atoms with Crippen molar-refractivity contribution in [2.24, 2.45) is 7.05 Å². The van der Waals surface area contributed by atoms with Crippen molar-refractivity contribution in [3.8, 4) is 11.4 Å². The number of nitrogens with zero attached hydrogens (tertiary/aromatic N) is 4. The molecule has 128 valence electrons. The van der Waals surface area contributed by atoms with Crippen molar-refractivity contribution in [2.45, 2.75) is 62.6 Å². The molecule has 0 bridgehead atoms. The molecule has 3 atom stereocenters. The fraction of sp³-hybridized carbons (Fsp3) is 0.611. The summed E-state index contributed by atoms with van der Waals surface area (Å²) < 4.78 is 1.89. The van der Waals surface area contributed by atoms with Gasteiger partial charge in [0.15, 0.2) is 5.82 Å². The molecular weight excluding hydrogens is 302 g/mol. The van der Waals surface area contributed by atoms with Crippen LogP contribution in [0.5, 0.6) is 0 Å². The predicted molar refractivity (Wildman–Crippen MR) is 91.4 cm³/mol. The van der Waals surface area contributed by atoms with Crippen LogP contribution in [0.1, 0.15) is 50.3 Å². The second-order valence-electron chi connectivity index (χ2n) is 7.14.